The largest absolute Gasteiger partial charge is 0.493 e. The van der Waals surface area contributed by atoms with E-state index in [2.05, 4.69) is 17.3 Å². The summed E-state index contributed by atoms with van der Waals surface area (Å²) in [6, 6.07) is 4.24. The molecule has 2 aliphatic heterocycles. The second-order valence-electron chi connectivity index (χ2n) is 9.58. The van der Waals surface area contributed by atoms with Crippen LogP contribution >= 0.6 is 0 Å². The van der Waals surface area contributed by atoms with Crippen molar-refractivity contribution in [3.63, 3.8) is 0 Å². The first-order chi connectivity index (χ1) is 16.0. The predicted octanol–water partition coefficient (Wildman–Crippen LogP) is 2.55. The SMILES string of the molecule is CN(CCCOc1cccc2c1C(=O)N(C1CCC(=O)NC1O)C2=O)CCCC1CCCC1. The number of hydrogen-bond acceptors (Lipinski definition) is 6. The molecule has 3 aliphatic rings. The summed E-state index contributed by atoms with van der Waals surface area (Å²) in [6.07, 6.45) is 8.09. The molecule has 2 N–H and O–H groups in total. The van der Waals surface area contributed by atoms with Crippen LogP contribution in [-0.4, -0.2) is 71.6 Å². The zero-order valence-corrected chi connectivity index (χ0v) is 19.4. The van der Waals surface area contributed by atoms with Crippen LogP contribution in [0.4, 0.5) is 0 Å². The van der Waals surface area contributed by atoms with Gasteiger partial charge >= 0.3 is 0 Å². The molecule has 2 fully saturated rings. The number of piperidine rings is 1. The molecule has 8 nitrogen and oxygen atoms in total. The van der Waals surface area contributed by atoms with Crippen LogP contribution in [0.15, 0.2) is 18.2 Å². The molecule has 0 spiro atoms. The lowest BCUT2D eigenvalue weighted by molar-refractivity contribution is -0.129. The van der Waals surface area contributed by atoms with E-state index in [4.69, 9.17) is 4.74 Å². The number of carbonyl (C=O) groups excluding carboxylic acids is 3. The molecule has 0 radical (unpaired) electrons. The summed E-state index contributed by atoms with van der Waals surface area (Å²) in [6.45, 7) is 2.44. The maximum atomic E-state index is 13.1. The van der Waals surface area contributed by atoms with Crippen molar-refractivity contribution in [2.45, 2.75) is 70.1 Å². The summed E-state index contributed by atoms with van der Waals surface area (Å²) in [7, 11) is 2.13. The lowest BCUT2D eigenvalue weighted by atomic mass is 10.0. The summed E-state index contributed by atoms with van der Waals surface area (Å²) in [5.74, 6) is 0.0969. The molecule has 2 heterocycles. The van der Waals surface area contributed by atoms with E-state index in [0.29, 0.717) is 12.4 Å². The molecule has 0 bridgehead atoms. The van der Waals surface area contributed by atoms with E-state index in [9.17, 15) is 19.5 Å². The minimum absolute atomic E-state index is 0.159. The van der Waals surface area contributed by atoms with Crippen LogP contribution in [0.5, 0.6) is 5.75 Å². The number of nitrogens with zero attached hydrogens (tertiary/aromatic N) is 2. The van der Waals surface area contributed by atoms with Gasteiger partial charge in [0.1, 0.15) is 12.0 Å². The first-order valence-corrected chi connectivity index (χ1v) is 12.3. The number of nitrogens with one attached hydrogen (secondary N) is 1. The molecular formula is C25H35N3O5. The molecule has 1 aromatic rings. The van der Waals surface area contributed by atoms with E-state index in [1.54, 1.807) is 18.2 Å². The molecule has 1 aromatic carbocycles. The Balaban J connectivity index is 1.28. The Morgan fingerprint density at radius 1 is 1.09 bits per heavy atom. The summed E-state index contributed by atoms with van der Waals surface area (Å²) in [5, 5.41) is 12.6. The topological polar surface area (TPSA) is 99.2 Å². The van der Waals surface area contributed by atoms with Gasteiger partial charge < -0.3 is 20.1 Å². The molecule has 8 heteroatoms. The van der Waals surface area contributed by atoms with Gasteiger partial charge in [0.25, 0.3) is 11.8 Å². The number of imide groups is 1. The van der Waals surface area contributed by atoms with Crippen LogP contribution in [0.1, 0.15) is 78.5 Å². The van der Waals surface area contributed by atoms with Gasteiger partial charge in [-0.3, -0.25) is 19.3 Å². The fourth-order valence-electron chi connectivity index (χ4n) is 5.31. The van der Waals surface area contributed by atoms with Crippen molar-refractivity contribution in [3.8, 4) is 5.75 Å². The van der Waals surface area contributed by atoms with E-state index >= 15 is 0 Å². The number of aliphatic hydroxyl groups is 1. The lowest BCUT2D eigenvalue weighted by Gasteiger charge is -2.33. The number of benzene rings is 1. The molecule has 4 rings (SSSR count). The van der Waals surface area contributed by atoms with Gasteiger partial charge in [0, 0.05) is 13.0 Å². The Kier molecular flexibility index (Phi) is 7.65. The number of carbonyl (C=O) groups is 3. The number of rotatable bonds is 10. The summed E-state index contributed by atoms with van der Waals surface area (Å²) in [5.41, 5.74) is 0.530. The van der Waals surface area contributed by atoms with Crippen molar-refractivity contribution in [3.05, 3.63) is 29.3 Å². The van der Waals surface area contributed by atoms with Crippen LogP contribution in [0.3, 0.4) is 0 Å². The number of amides is 3. The fourth-order valence-corrected chi connectivity index (χ4v) is 5.31. The van der Waals surface area contributed by atoms with Gasteiger partial charge in [0.05, 0.1) is 23.8 Å². The Hall–Kier alpha value is -2.45. The monoisotopic (exact) mass is 457 g/mol. The van der Waals surface area contributed by atoms with Crippen LogP contribution in [0, 0.1) is 5.92 Å². The van der Waals surface area contributed by atoms with Crippen LogP contribution < -0.4 is 10.1 Å². The fraction of sp³-hybridized carbons (Fsp3) is 0.640. The van der Waals surface area contributed by atoms with Crippen molar-refractivity contribution < 1.29 is 24.2 Å². The average Bonchev–Trinajstić information content (AvgIpc) is 3.39. The minimum atomic E-state index is -1.26. The van der Waals surface area contributed by atoms with Crippen LogP contribution in [-0.2, 0) is 4.79 Å². The van der Waals surface area contributed by atoms with Crippen molar-refractivity contribution in [1.29, 1.82) is 0 Å². The molecule has 2 unspecified atom stereocenters. The van der Waals surface area contributed by atoms with E-state index in [1.165, 1.54) is 38.5 Å². The Labute approximate surface area is 195 Å². The molecule has 2 atom stereocenters. The normalized spacial score (nSPS) is 23.4. The van der Waals surface area contributed by atoms with Crippen molar-refractivity contribution >= 4 is 17.7 Å². The maximum Gasteiger partial charge on any atom is 0.265 e. The highest BCUT2D eigenvalue weighted by Crippen LogP contribution is 2.34. The highest BCUT2D eigenvalue weighted by molar-refractivity contribution is 6.22. The van der Waals surface area contributed by atoms with E-state index in [0.717, 1.165) is 30.3 Å². The number of hydrogen-bond donors (Lipinski definition) is 2. The zero-order chi connectivity index (χ0) is 23.4. The first-order valence-electron chi connectivity index (χ1n) is 12.3. The molecule has 0 aromatic heterocycles. The second-order valence-corrected chi connectivity index (χ2v) is 9.58. The standard InChI is InChI=1S/C25H35N3O5/c1-27(14-5-9-17-7-2-3-8-17)15-6-16-33-20-11-4-10-18-22(20)25(32)28(24(18)31)19-12-13-21(29)26-23(19)30/h4,10-11,17,19,23,30H,2-3,5-9,12-16H2,1H3,(H,26,29). The zero-order valence-electron chi connectivity index (χ0n) is 19.4. The quantitative estimate of drug-likeness (QED) is 0.414. The Morgan fingerprint density at radius 2 is 1.85 bits per heavy atom. The number of ether oxygens (including phenoxy) is 1. The molecule has 180 valence electrons. The highest BCUT2D eigenvalue weighted by atomic mass is 16.5. The Bertz CT molecular complexity index is 883. The molecule has 3 amide bonds. The van der Waals surface area contributed by atoms with Gasteiger partial charge in [0.15, 0.2) is 0 Å². The van der Waals surface area contributed by atoms with Gasteiger partial charge in [-0.1, -0.05) is 31.7 Å². The molecule has 1 aliphatic carbocycles. The molecule has 33 heavy (non-hydrogen) atoms. The van der Waals surface area contributed by atoms with Gasteiger partial charge in [-0.15, -0.1) is 0 Å². The second kappa shape index (κ2) is 10.7. The third kappa shape index (κ3) is 5.38. The maximum absolute atomic E-state index is 13.1. The predicted molar refractivity (Wildman–Crippen MR) is 123 cm³/mol. The smallest absolute Gasteiger partial charge is 0.265 e. The minimum Gasteiger partial charge on any atom is -0.493 e. The highest BCUT2D eigenvalue weighted by Gasteiger charge is 2.45. The number of fused-ring (bicyclic) bond motifs is 1. The summed E-state index contributed by atoms with van der Waals surface area (Å²) < 4.78 is 5.92. The van der Waals surface area contributed by atoms with Crippen LogP contribution in [0.2, 0.25) is 0 Å². The third-order valence-electron chi connectivity index (χ3n) is 7.15. The third-order valence-corrected chi connectivity index (χ3v) is 7.15. The van der Waals surface area contributed by atoms with Crippen molar-refractivity contribution in [2.24, 2.45) is 5.92 Å². The first kappa shape index (κ1) is 23.7. The van der Waals surface area contributed by atoms with Gasteiger partial charge in [-0.05, 0) is 57.3 Å². The van der Waals surface area contributed by atoms with Crippen molar-refractivity contribution in [1.82, 2.24) is 15.1 Å². The van der Waals surface area contributed by atoms with Gasteiger partial charge in [-0.25, -0.2) is 0 Å². The molecule has 1 saturated heterocycles. The Morgan fingerprint density at radius 3 is 2.61 bits per heavy atom. The molecule has 1 saturated carbocycles. The number of aliphatic hydroxyl groups excluding tert-OH is 1. The van der Waals surface area contributed by atoms with Crippen LogP contribution in [0.25, 0.3) is 0 Å². The summed E-state index contributed by atoms with van der Waals surface area (Å²) in [4.78, 5) is 40.9. The van der Waals surface area contributed by atoms with E-state index < -0.39 is 24.1 Å². The van der Waals surface area contributed by atoms with Crippen molar-refractivity contribution in [2.75, 3.05) is 26.7 Å². The van der Waals surface area contributed by atoms with Gasteiger partial charge in [-0.2, -0.15) is 0 Å². The molecular weight excluding hydrogens is 422 g/mol. The summed E-state index contributed by atoms with van der Waals surface area (Å²) >= 11 is 0. The van der Waals surface area contributed by atoms with E-state index in [-0.39, 0.29) is 29.9 Å². The average molecular weight is 458 g/mol. The van der Waals surface area contributed by atoms with Gasteiger partial charge in [0.2, 0.25) is 5.91 Å². The van der Waals surface area contributed by atoms with E-state index in [1.807, 2.05) is 0 Å². The lowest BCUT2D eigenvalue weighted by Crippen LogP contribution is -2.57.